The molecular weight excluding hydrogens is 617 g/mol. The predicted molar refractivity (Wildman–Crippen MR) is 218 cm³/mol. The van der Waals surface area contributed by atoms with Crippen molar-refractivity contribution in [1.29, 1.82) is 0 Å². The molecule has 1 heterocycles. The van der Waals surface area contributed by atoms with Crippen LogP contribution < -0.4 is 0 Å². The normalized spacial score (nSPS) is 19.9. The van der Waals surface area contributed by atoms with Crippen molar-refractivity contribution in [3.63, 3.8) is 0 Å². The van der Waals surface area contributed by atoms with Crippen LogP contribution in [-0.4, -0.2) is 0 Å². The zero-order chi connectivity index (χ0) is 58.7. The van der Waals surface area contributed by atoms with Crippen LogP contribution in [0.1, 0.15) is 39.8 Å². The molecular formula is C50H30O. The summed E-state index contributed by atoms with van der Waals surface area (Å²) in [5, 5.41) is -7.31. The smallest absolute Gasteiger partial charge is 0.136 e. The lowest BCUT2D eigenvalue weighted by atomic mass is 9.83. The summed E-state index contributed by atoms with van der Waals surface area (Å²) in [5.41, 5.74) is -5.41. The maximum atomic E-state index is 9.98. The highest BCUT2D eigenvalue weighted by Crippen LogP contribution is 2.49. The van der Waals surface area contributed by atoms with Crippen molar-refractivity contribution in [2.75, 3.05) is 0 Å². The Morgan fingerprint density at radius 1 is 0.314 bits per heavy atom. The van der Waals surface area contributed by atoms with Gasteiger partial charge < -0.3 is 4.42 Å². The van der Waals surface area contributed by atoms with Gasteiger partial charge in [0.1, 0.15) is 11.2 Å². The molecule has 10 aromatic carbocycles. The highest BCUT2D eigenvalue weighted by molar-refractivity contribution is 6.28. The first kappa shape index (κ1) is 12.0. The summed E-state index contributed by atoms with van der Waals surface area (Å²) in [6.07, 6.45) is 0. The third-order valence-corrected chi connectivity index (χ3v) is 8.71. The molecule has 0 radical (unpaired) electrons. The highest BCUT2D eigenvalue weighted by atomic mass is 16.3. The third-order valence-electron chi connectivity index (χ3n) is 8.71. The minimum atomic E-state index is -1.07. The molecule has 1 aromatic heterocycles. The van der Waals surface area contributed by atoms with Gasteiger partial charge in [0.25, 0.3) is 0 Å². The van der Waals surface area contributed by atoms with Gasteiger partial charge in [0.2, 0.25) is 0 Å². The quantitative estimate of drug-likeness (QED) is 0.170. The molecule has 11 rings (SSSR count). The summed E-state index contributed by atoms with van der Waals surface area (Å²) in [4.78, 5) is 0. The fraction of sp³-hybridized carbons (Fsp3) is 0. The summed E-state index contributed by atoms with van der Waals surface area (Å²) in [6.45, 7) is 0. The van der Waals surface area contributed by atoms with Gasteiger partial charge in [0.15, 0.2) is 0 Å². The summed E-state index contributed by atoms with van der Waals surface area (Å²) in [7, 11) is 0. The van der Waals surface area contributed by atoms with Crippen LogP contribution in [-0.2, 0) is 0 Å². The summed E-state index contributed by atoms with van der Waals surface area (Å²) < 4.78 is 270. The van der Waals surface area contributed by atoms with Crippen molar-refractivity contribution >= 4 is 75.8 Å². The van der Waals surface area contributed by atoms with E-state index in [9.17, 15) is 15.1 Å². The first-order valence-corrected chi connectivity index (χ1v) is 15.2. The molecule has 1 heteroatoms. The summed E-state index contributed by atoms with van der Waals surface area (Å²) in [5.74, 6) is 0. The molecule has 11 aromatic rings. The Hall–Kier alpha value is -6.70. The summed E-state index contributed by atoms with van der Waals surface area (Å²) >= 11 is 0. The minimum Gasteiger partial charge on any atom is -0.456 e. The van der Waals surface area contributed by atoms with Gasteiger partial charge in [-0.05, 0) is 105 Å². The van der Waals surface area contributed by atoms with Crippen molar-refractivity contribution < 1.29 is 44.2 Å². The second-order valence-corrected chi connectivity index (χ2v) is 11.3. The van der Waals surface area contributed by atoms with Crippen molar-refractivity contribution in [3.8, 4) is 33.4 Å². The van der Waals surface area contributed by atoms with Gasteiger partial charge in [-0.15, -0.1) is 0 Å². The van der Waals surface area contributed by atoms with Crippen LogP contribution in [0.25, 0.3) is 109 Å². The molecule has 0 bridgehead atoms. The van der Waals surface area contributed by atoms with Gasteiger partial charge in [-0.1, -0.05) is 163 Å². The van der Waals surface area contributed by atoms with E-state index in [1.807, 2.05) is 0 Å². The van der Waals surface area contributed by atoms with Crippen molar-refractivity contribution in [2.24, 2.45) is 0 Å². The standard InChI is InChI=1S/C50H30O/c1-2-15-33-30-47-45(29-32(33)14-1)50-44(25-12-26-46(50)51-47)49-41-22-9-7-20-39(41)48(40-21-8-10-23-42(40)49)43-28-27-38(36-18-5-6-19-37(36)43)35-24-11-16-31-13-3-4-17-34(31)35/h1-30H/i1D,2D,3D,4D,5D,6D,7D,8D,9D,10D,11D,12D,13D,14D,15D,16D,17D,18D,19D,20D,22D,23D,24D,25D,26D,27D,28D,29D,30D. The predicted octanol–water partition coefficient (Wildman–Crippen LogP) is 14.4. The molecule has 0 N–H and O–H groups in total. The second kappa shape index (κ2) is 10.9. The molecule has 0 saturated heterocycles. The molecule has 0 amide bonds. The molecule has 0 aliphatic rings. The van der Waals surface area contributed by atoms with Crippen molar-refractivity contribution in [1.82, 2.24) is 0 Å². The van der Waals surface area contributed by atoms with Crippen LogP contribution >= 0.6 is 0 Å². The maximum Gasteiger partial charge on any atom is 0.136 e. The monoisotopic (exact) mass is 675 g/mol. The largest absolute Gasteiger partial charge is 0.456 e. The maximum absolute atomic E-state index is 9.98. The summed E-state index contributed by atoms with van der Waals surface area (Å²) in [6, 6.07) is -25.3. The van der Waals surface area contributed by atoms with Crippen LogP contribution in [0, 0.1) is 0 Å². The average molecular weight is 676 g/mol. The molecule has 0 aliphatic heterocycles. The van der Waals surface area contributed by atoms with E-state index in [1.54, 1.807) is 0 Å². The van der Waals surface area contributed by atoms with Crippen LogP contribution in [0.2, 0.25) is 0 Å². The number of hydrogen-bond acceptors (Lipinski definition) is 1. The Labute approximate surface area is 335 Å². The third kappa shape index (κ3) is 4.16. The Bertz CT molecular complexity index is 4860. The van der Waals surface area contributed by atoms with E-state index < -0.39 is 284 Å². The van der Waals surface area contributed by atoms with E-state index >= 15 is 0 Å². The second-order valence-electron chi connectivity index (χ2n) is 11.3. The molecule has 0 unspecified atom stereocenters. The lowest BCUT2D eigenvalue weighted by Crippen LogP contribution is -1.93. The van der Waals surface area contributed by atoms with E-state index in [2.05, 4.69) is 0 Å². The number of rotatable bonds is 3. The van der Waals surface area contributed by atoms with Gasteiger partial charge in [-0.2, -0.15) is 0 Å². The van der Waals surface area contributed by atoms with E-state index in [1.165, 1.54) is 0 Å². The number of benzene rings is 10. The molecule has 0 aliphatic carbocycles. The number of hydrogen-bond donors (Lipinski definition) is 0. The Morgan fingerprint density at radius 2 is 0.824 bits per heavy atom. The SMILES string of the molecule is [2H]c1cc2c(-c3c([2H])c([2H])c(-c4c([2H])c([2H])c([2H])c5c([2H])c([2H])c([2H])c([2H])c45)c4c([2H])c([2H])c([2H])c([2H])c34)c3c([2H])c([2H])c([2H])c([2H])c3c(-c3c([2H])c([2H])c([2H])c4oc5c([2H])c6c([2H])c([2H])c([2H])c([2H])c6c([2H])c5c34)c2c([2H])c1[2H]. The number of fused-ring (bicyclic) bond motifs is 8. The number of furan rings is 1. The van der Waals surface area contributed by atoms with Crippen molar-refractivity contribution in [3.05, 3.63) is 181 Å². The lowest BCUT2D eigenvalue weighted by molar-refractivity contribution is 0.669. The fourth-order valence-electron chi connectivity index (χ4n) is 6.61. The molecule has 51 heavy (non-hydrogen) atoms. The molecule has 0 saturated carbocycles. The van der Waals surface area contributed by atoms with Gasteiger partial charge in [-0.3, -0.25) is 0 Å². The topological polar surface area (TPSA) is 13.1 Å². The van der Waals surface area contributed by atoms with Crippen LogP contribution in [0.4, 0.5) is 0 Å². The van der Waals surface area contributed by atoms with E-state index in [-0.39, 0.29) is 0 Å². The highest BCUT2D eigenvalue weighted by Gasteiger charge is 2.22. The molecule has 1 nitrogen and oxygen atoms in total. The molecule has 236 valence electrons. The first-order valence-electron chi connectivity index (χ1n) is 29.7. The first-order chi connectivity index (χ1) is 37.4. The van der Waals surface area contributed by atoms with Gasteiger partial charge in [0.05, 0.1) is 39.8 Å². The zero-order valence-electron chi connectivity index (χ0n) is 54.5. The fourth-order valence-corrected chi connectivity index (χ4v) is 6.61. The average Bonchev–Trinajstić information content (AvgIpc) is 3.90. The zero-order valence-corrected chi connectivity index (χ0v) is 25.5. The molecule has 0 fully saturated rings. The van der Waals surface area contributed by atoms with Crippen molar-refractivity contribution in [2.45, 2.75) is 0 Å². The van der Waals surface area contributed by atoms with Crippen LogP contribution in [0.3, 0.4) is 0 Å². The Kier molecular flexibility index (Phi) is 2.56. The Morgan fingerprint density at radius 3 is 1.61 bits per heavy atom. The van der Waals surface area contributed by atoms with Crippen LogP contribution in [0.15, 0.2) is 186 Å². The Balaban J connectivity index is 1.46. The molecule has 0 spiro atoms. The minimum absolute atomic E-state index is 0.483. The van der Waals surface area contributed by atoms with Gasteiger partial charge in [0, 0.05) is 10.8 Å². The van der Waals surface area contributed by atoms with Gasteiger partial charge in [-0.25, -0.2) is 0 Å². The van der Waals surface area contributed by atoms with Gasteiger partial charge >= 0.3 is 0 Å². The molecule has 0 atom stereocenters. The van der Waals surface area contributed by atoms with E-state index in [0.29, 0.717) is 0 Å². The van der Waals surface area contributed by atoms with E-state index in [4.69, 9.17) is 29.1 Å². The van der Waals surface area contributed by atoms with Crippen LogP contribution in [0.5, 0.6) is 0 Å². The van der Waals surface area contributed by atoms with E-state index in [0.717, 1.165) is 6.07 Å². The lowest BCUT2D eigenvalue weighted by Gasteiger charge is -2.20.